The third kappa shape index (κ3) is 6.19. The van der Waals surface area contributed by atoms with E-state index in [0.717, 1.165) is 48.0 Å². The molecule has 0 saturated carbocycles. The molecule has 5 nitrogen and oxygen atoms in total. The molecule has 6 heteroatoms. The van der Waals surface area contributed by atoms with Crippen LogP contribution in [0.25, 0.3) is 0 Å². The van der Waals surface area contributed by atoms with Crippen LogP contribution in [0.1, 0.15) is 46.4 Å². The van der Waals surface area contributed by atoms with Gasteiger partial charge in [-0.1, -0.05) is 42.3 Å². The van der Waals surface area contributed by atoms with Gasteiger partial charge < -0.3 is 14.6 Å². The number of hydrogen-bond donors (Lipinski definition) is 1. The lowest BCUT2D eigenvalue weighted by Gasteiger charge is -2.26. The molecule has 0 aliphatic carbocycles. The number of ether oxygens (including phenoxy) is 2. The molecule has 2 aromatic carbocycles. The summed E-state index contributed by atoms with van der Waals surface area (Å²) in [6, 6.07) is 18.3. The minimum absolute atomic E-state index is 0.00782. The standard InChI is InChI=1S/C28H29NO4S/c1-3-5-23(15-27(30)31)22-8-10-25(11-9-22)33-19-21-7-4-6-20(14-21)17-29-13-12-26-24(18-29)16-28(32-2)34-26/h4,6-11,14,16,23H,12-13,15,17-19H2,1-2H3,(H,30,31). The maximum absolute atomic E-state index is 11.1. The molecule has 1 aliphatic heterocycles. The summed E-state index contributed by atoms with van der Waals surface area (Å²) in [5.74, 6) is 5.39. The smallest absolute Gasteiger partial charge is 0.304 e. The van der Waals surface area contributed by atoms with Crippen molar-refractivity contribution >= 4 is 17.3 Å². The predicted octanol–water partition coefficient (Wildman–Crippen LogP) is 5.48. The molecule has 176 valence electrons. The summed E-state index contributed by atoms with van der Waals surface area (Å²) in [4.78, 5) is 15.0. The van der Waals surface area contributed by atoms with E-state index in [1.807, 2.05) is 24.3 Å². The number of carboxylic acids is 1. The van der Waals surface area contributed by atoms with E-state index in [1.165, 1.54) is 16.0 Å². The van der Waals surface area contributed by atoms with Crippen molar-refractivity contribution in [3.05, 3.63) is 81.7 Å². The maximum atomic E-state index is 11.1. The first kappa shape index (κ1) is 23.9. The Labute approximate surface area is 205 Å². The van der Waals surface area contributed by atoms with Crippen molar-refractivity contribution in [1.29, 1.82) is 0 Å². The van der Waals surface area contributed by atoms with Crippen molar-refractivity contribution in [2.45, 2.75) is 45.4 Å². The molecular weight excluding hydrogens is 446 g/mol. The highest BCUT2D eigenvalue weighted by Crippen LogP contribution is 2.33. The lowest BCUT2D eigenvalue weighted by Crippen LogP contribution is -2.29. The second-order valence-electron chi connectivity index (χ2n) is 8.40. The Morgan fingerprint density at radius 2 is 1.97 bits per heavy atom. The molecule has 0 amide bonds. The normalized spacial score (nSPS) is 13.9. The minimum Gasteiger partial charge on any atom is -0.489 e. The summed E-state index contributed by atoms with van der Waals surface area (Å²) in [5, 5.41) is 10.1. The molecule has 2 heterocycles. The molecule has 0 fully saturated rings. The van der Waals surface area contributed by atoms with Crippen LogP contribution < -0.4 is 9.47 Å². The Bertz CT molecular complexity index is 1190. The van der Waals surface area contributed by atoms with E-state index < -0.39 is 5.97 Å². The second-order valence-corrected chi connectivity index (χ2v) is 9.50. The van der Waals surface area contributed by atoms with Gasteiger partial charge in [0, 0.05) is 24.5 Å². The SMILES string of the molecule is CC#CC(CC(=O)O)c1ccc(OCc2cccc(CN3CCc4sc(OC)cc4C3)c2)cc1. The first-order valence-electron chi connectivity index (χ1n) is 11.4. The average molecular weight is 476 g/mol. The average Bonchev–Trinajstić information content (AvgIpc) is 3.25. The summed E-state index contributed by atoms with van der Waals surface area (Å²) in [6.07, 6.45) is 1.06. The van der Waals surface area contributed by atoms with Crippen LogP contribution >= 0.6 is 11.3 Å². The van der Waals surface area contributed by atoms with E-state index >= 15 is 0 Å². The number of methoxy groups -OCH3 is 1. The van der Waals surface area contributed by atoms with E-state index in [4.69, 9.17) is 14.6 Å². The van der Waals surface area contributed by atoms with Gasteiger partial charge in [-0.15, -0.1) is 17.3 Å². The number of fused-ring (bicyclic) bond motifs is 1. The van der Waals surface area contributed by atoms with Crippen molar-refractivity contribution in [3.63, 3.8) is 0 Å². The topological polar surface area (TPSA) is 59.0 Å². The highest BCUT2D eigenvalue weighted by Gasteiger charge is 2.19. The predicted molar refractivity (Wildman–Crippen MR) is 134 cm³/mol. The van der Waals surface area contributed by atoms with Crippen molar-refractivity contribution in [1.82, 2.24) is 4.90 Å². The van der Waals surface area contributed by atoms with Crippen LogP contribution in [0.3, 0.4) is 0 Å². The van der Waals surface area contributed by atoms with Gasteiger partial charge in [-0.05, 0) is 53.8 Å². The molecule has 34 heavy (non-hydrogen) atoms. The second kappa shape index (κ2) is 11.2. The number of thiophene rings is 1. The van der Waals surface area contributed by atoms with E-state index in [9.17, 15) is 4.79 Å². The Balaban J connectivity index is 1.34. The maximum Gasteiger partial charge on any atom is 0.304 e. The van der Waals surface area contributed by atoms with E-state index in [2.05, 4.69) is 47.1 Å². The fourth-order valence-electron chi connectivity index (χ4n) is 4.24. The number of aliphatic carboxylic acids is 1. The summed E-state index contributed by atoms with van der Waals surface area (Å²) in [7, 11) is 1.73. The fraction of sp³-hybridized carbons (Fsp3) is 0.321. The summed E-state index contributed by atoms with van der Waals surface area (Å²) < 4.78 is 11.4. The van der Waals surface area contributed by atoms with Crippen molar-refractivity contribution in [2.24, 2.45) is 0 Å². The van der Waals surface area contributed by atoms with Gasteiger partial charge in [0.25, 0.3) is 0 Å². The van der Waals surface area contributed by atoms with E-state index in [1.54, 1.807) is 25.4 Å². The molecule has 1 aliphatic rings. The van der Waals surface area contributed by atoms with Crippen LogP contribution in [0.5, 0.6) is 10.8 Å². The minimum atomic E-state index is -0.854. The molecule has 1 aromatic heterocycles. The van der Waals surface area contributed by atoms with Crippen LogP contribution in [0, 0.1) is 11.8 Å². The van der Waals surface area contributed by atoms with Gasteiger partial charge in [-0.25, -0.2) is 0 Å². The quantitative estimate of drug-likeness (QED) is 0.416. The Morgan fingerprint density at radius 1 is 1.18 bits per heavy atom. The zero-order valence-corrected chi connectivity index (χ0v) is 20.4. The largest absolute Gasteiger partial charge is 0.489 e. The monoisotopic (exact) mass is 475 g/mol. The first-order valence-corrected chi connectivity index (χ1v) is 12.2. The zero-order valence-electron chi connectivity index (χ0n) is 19.5. The molecule has 4 rings (SSSR count). The van der Waals surface area contributed by atoms with Crippen LogP contribution in [0.15, 0.2) is 54.6 Å². The van der Waals surface area contributed by atoms with Crippen LogP contribution in [0.2, 0.25) is 0 Å². The van der Waals surface area contributed by atoms with Crippen molar-refractivity contribution in [3.8, 4) is 22.7 Å². The molecular formula is C28H29NO4S. The molecule has 1 unspecified atom stereocenters. The highest BCUT2D eigenvalue weighted by molar-refractivity contribution is 7.14. The summed E-state index contributed by atoms with van der Waals surface area (Å²) in [6.45, 7) is 5.11. The number of carbonyl (C=O) groups is 1. The molecule has 0 radical (unpaired) electrons. The number of nitrogens with zero attached hydrogens (tertiary/aromatic N) is 1. The molecule has 3 aromatic rings. The Hall–Kier alpha value is -3.27. The number of rotatable bonds is 9. The van der Waals surface area contributed by atoms with Crippen LogP contribution in [-0.4, -0.2) is 29.6 Å². The van der Waals surface area contributed by atoms with Gasteiger partial charge in [-0.3, -0.25) is 9.69 Å². The third-order valence-corrected chi connectivity index (χ3v) is 7.11. The molecule has 0 bridgehead atoms. The third-order valence-electron chi connectivity index (χ3n) is 5.91. The first-order chi connectivity index (χ1) is 16.5. The number of carboxylic acid groups (broad SMARTS) is 1. The van der Waals surface area contributed by atoms with Crippen LogP contribution in [0.4, 0.5) is 0 Å². The molecule has 0 spiro atoms. The zero-order chi connectivity index (χ0) is 23.9. The van der Waals surface area contributed by atoms with E-state index in [0.29, 0.717) is 6.61 Å². The van der Waals surface area contributed by atoms with Gasteiger partial charge in [0.1, 0.15) is 12.4 Å². The highest BCUT2D eigenvalue weighted by atomic mass is 32.1. The van der Waals surface area contributed by atoms with Gasteiger partial charge in [0.15, 0.2) is 5.06 Å². The van der Waals surface area contributed by atoms with Gasteiger partial charge >= 0.3 is 5.97 Å². The van der Waals surface area contributed by atoms with Gasteiger partial charge in [-0.2, -0.15) is 0 Å². The lowest BCUT2D eigenvalue weighted by molar-refractivity contribution is -0.137. The number of benzene rings is 2. The summed E-state index contributed by atoms with van der Waals surface area (Å²) in [5.41, 5.74) is 4.67. The molecule has 1 atom stereocenters. The van der Waals surface area contributed by atoms with Gasteiger partial charge in [0.2, 0.25) is 0 Å². The molecule has 0 saturated heterocycles. The van der Waals surface area contributed by atoms with Gasteiger partial charge in [0.05, 0.1) is 19.4 Å². The van der Waals surface area contributed by atoms with E-state index in [-0.39, 0.29) is 12.3 Å². The fourth-order valence-corrected chi connectivity index (χ4v) is 5.22. The lowest BCUT2D eigenvalue weighted by atomic mass is 9.96. The van der Waals surface area contributed by atoms with Crippen molar-refractivity contribution in [2.75, 3.05) is 13.7 Å². The number of hydrogen-bond acceptors (Lipinski definition) is 5. The molecule has 1 N–H and O–H groups in total. The summed E-state index contributed by atoms with van der Waals surface area (Å²) >= 11 is 1.76. The van der Waals surface area contributed by atoms with Crippen LogP contribution in [-0.2, 0) is 30.9 Å². The Morgan fingerprint density at radius 3 is 2.71 bits per heavy atom. The Kier molecular flexibility index (Phi) is 7.89. The van der Waals surface area contributed by atoms with Crippen molar-refractivity contribution < 1.29 is 19.4 Å².